The lowest BCUT2D eigenvalue weighted by atomic mass is 9.99. The zero-order valence-corrected chi connectivity index (χ0v) is 8.76. The molecule has 0 amide bonds. The Balaban J connectivity index is 4.72. The van der Waals surface area contributed by atoms with Crippen LogP contribution in [0.25, 0.3) is 0 Å². The zero-order chi connectivity index (χ0) is 9.56. The molecule has 0 aliphatic rings. The van der Waals surface area contributed by atoms with E-state index in [9.17, 15) is 0 Å². The minimum atomic E-state index is 0.498. The fourth-order valence-electron chi connectivity index (χ4n) is 1.23. The summed E-state index contributed by atoms with van der Waals surface area (Å²) in [6.45, 7) is 8.39. The van der Waals surface area contributed by atoms with Crippen molar-refractivity contribution >= 4 is 5.71 Å². The van der Waals surface area contributed by atoms with Crippen LogP contribution in [-0.2, 0) is 0 Å². The maximum atomic E-state index is 4.27. The van der Waals surface area contributed by atoms with Crippen LogP contribution in [0.4, 0.5) is 0 Å². The molecule has 0 saturated heterocycles. The van der Waals surface area contributed by atoms with Gasteiger partial charge >= 0.3 is 0 Å². The van der Waals surface area contributed by atoms with Crippen molar-refractivity contribution in [2.75, 3.05) is 7.05 Å². The number of hydrogen-bond donors (Lipinski definition) is 0. The SMILES string of the molecule is C/C=C\C(=C\C)C(=NC)C(C)C. The summed E-state index contributed by atoms with van der Waals surface area (Å²) >= 11 is 0. The van der Waals surface area contributed by atoms with Gasteiger partial charge in [0, 0.05) is 12.8 Å². The van der Waals surface area contributed by atoms with E-state index in [0.29, 0.717) is 5.92 Å². The van der Waals surface area contributed by atoms with E-state index >= 15 is 0 Å². The van der Waals surface area contributed by atoms with Crippen LogP contribution in [0, 0.1) is 5.92 Å². The van der Waals surface area contributed by atoms with Crippen molar-refractivity contribution in [3.63, 3.8) is 0 Å². The molecule has 1 nitrogen and oxygen atoms in total. The second-order valence-electron chi connectivity index (χ2n) is 3.01. The molecule has 68 valence electrons. The van der Waals surface area contributed by atoms with E-state index in [2.05, 4.69) is 31.0 Å². The van der Waals surface area contributed by atoms with Crippen LogP contribution in [0.2, 0.25) is 0 Å². The highest BCUT2D eigenvalue weighted by atomic mass is 14.7. The van der Waals surface area contributed by atoms with Gasteiger partial charge in [-0.3, -0.25) is 4.99 Å². The summed E-state index contributed by atoms with van der Waals surface area (Å²) in [5.41, 5.74) is 2.41. The Hall–Kier alpha value is -0.850. The Bertz CT molecular complexity index is 207. The van der Waals surface area contributed by atoms with E-state index in [1.165, 1.54) is 11.3 Å². The molecule has 0 bridgehead atoms. The van der Waals surface area contributed by atoms with Crippen molar-refractivity contribution in [2.24, 2.45) is 10.9 Å². The molecule has 0 fully saturated rings. The highest BCUT2D eigenvalue weighted by Crippen LogP contribution is 2.09. The van der Waals surface area contributed by atoms with Gasteiger partial charge in [0.05, 0.1) is 0 Å². The number of hydrogen-bond acceptors (Lipinski definition) is 1. The molecule has 0 aliphatic heterocycles. The van der Waals surface area contributed by atoms with E-state index in [1.807, 2.05) is 27.0 Å². The van der Waals surface area contributed by atoms with Gasteiger partial charge in [0.15, 0.2) is 0 Å². The van der Waals surface area contributed by atoms with Crippen molar-refractivity contribution < 1.29 is 0 Å². The third kappa shape index (κ3) is 3.04. The molecule has 0 spiro atoms. The van der Waals surface area contributed by atoms with Gasteiger partial charge in [-0.1, -0.05) is 32.1 Å². The summed E-state index contributed by atoms with van der Waals surface area (Å²) in [6, 6.07) is 0. The molecule has 0 heterocycles. The number of allylic oxidation sites excluding steroid dienone is 4. The van der Waals surface area contributed by atoms with Crippen LogP contribution in [-0.4, -0.2) is 12.8 Å². The first kappa shape index (κ1) is 11.2. The Kier molecular flexibility index (Phi) is 5.35. The fourth-order valence-corrected chi connectivity index (χ4v) is 1.23. The quantitative estimate of drug-likeness (QED) is 0.449. The number of rotatable bonds is 3. The molecule has 0 atom stereocenters. The summed E-state index contributed by atoms with van der Waals surface area (Å²) in [4.78, 5) is 4.27. The minimum absolute atomic E-state index is 0.498. The molecule has 0 N–H and O–H groups in total. The predicted molar refractivity (Wildman–Crippen MR) is 56.8 cm³/mol. The lowest BCUT2D eigenvalue weighted by Crippen LogP contribution is -2.09. The molecule has 0 radical (unpaired) electrons. The maximum absolute atomic E-state index is 4.27. The molecule has 0 aliphatic carbocycles. The highest BCUT2D eigenvalue weighted by molar-refractivity contribution is 6.03. The van der Waals surface area contributed by atoms with Crippen LogP contribution in [0.15, 0.2) is 28.8 Å². The summed E-state index contributed by atoms with van der Waals surface area (Å²) in [7, 11) is 1.85. The molecular weight excluding hydrogens is 146 g/mol. The van der Waals surface area contributed by atoms with Crippen LogP contribution >= 0.6 is 0 Å². The number of aliphatic imine (C=N–C) groups is 1. The second kappa shape index (κ2) is 5.76. The van der Waals surface area contributed by atoms with Gasteiger partial charge in [0.2, 0.25) is 0 Å². The van der Waals surface area contributed by atoms with Crippen molar-refractivity contribution in [3.05, 3.63) is 23.8 Å². The Labute approximate surface area is 75.9 Å². The highest BCUT2D eigenvalue weighted by Gasteiger charge is 2.06. The van der Waals surface area contributed by atoms with E-state index < -0.39 is 0 Å². The van der Waals surface area contributed by atoms with E-state index in [0.717, 1.165) is 0 Å². The van der Waals surface area contributed by atoms with E-state index in [-0.39, 0.29) is 0 Å². The van der Waals surface area contributed by atoms with Crippen LogP contribution in [0.3, 0.4) is 0 Å². The molecule has 1 heteroatoms. The average Bonchev–Trinajstić information content (AvgIpc) is 2.03. The third-order valence-corrected chi connectivity index (χ3v) is 1.74. The van der Waals surface area contributed by atoms with Crippen LogP contribution in [0.5, 0.6) is 0 Å². The van der Waals surface area contributed by atoms with Gasteiger partial charge in [-0.25, -0.2) is 0 Å². The Morgan fingerprint density at radius 1 is 1.25 bits per heavy atom. The minimum Gasteiger partial charge on any atom is -0.292 e. The van der Waals surface area contributed by atoms with Crippen LogP contribution < -0.4 is 0 Å². The molecule has 0 unspecified atom stereocenters. The van der Waals surface area contributed by atoms with Crippen molar-refractivity contribution in [3.8, 4) is 0 Å². The summed E-state index contributed by atoms with van der Waals surface area (Å²) in [6.07, 6.45) is 6.24. The third-order valence-electron chi connectivity index (χ3n) is 1.74. The van der Waals surface area contributed by atoms with Gasteiger partial charge in [0.1, 0.15) is 0 Å². The van der Waals surface area contributed by atoms with Crippen molar-refractivity contribution in [1.82, 2.24) is 0 Å². The standard InChI is InChI=1S/C11H19N/c1-6-8-10(7-2)11(12-5)9(3)4/h6-9H,1-5H3/b8-6-,10-7-,12-11?. The van der Waals surface area contributed by atoms with Crippen molar-refractivity contribution in [1.29, 1.82) is 0 Å². The van der Waals surface area contributed by atoms with Gasteiger partial charge in [-0.2, -0.15) is 0 Å². The molecule has 0 aromatic carbocycles. The van der Waals surface area contributed by atoms with Gasteiger partial charge in [-0.05, 0) is 25.3 Å². The second-order valence-corrected chi connectivity index (χ2v) is 3.01. The Morgan fingerprint density at radius 3 is 2.08 bits per heavy atom. The van der Waals surface area contributed by atoms with Crippen LogP contribution in [0.1, 0.15) is 27.7 Å². The van der Waals surface area contributed by atoms with Gasteiger partial charge < -0.3 is 0 Å². The first-order chi connectivity index (χ1) is 5.67. The largest absolute Gasteiger partial charge is 0.292 e. The molecular formula is C11H19N. The molecule has 0 aromatic heterocycles. The fraction of sp³-hybridized carbons (Fsp3) is 0.545. The number of nitrogens with zero attached hydrogens (tertiary/aromatic N) is 1. The monoisotopic (exact) mass is 165 g/mol. The lowest BCUT2D eigenvalue weighted by molar-refractivity contribution is 0.881. The average molecular weight is 165 g/mol. The lowest BCUT2D eigenvalue weighted by Gasteiger charge is -2.09. The molecule has 0 saturated carbocycles. The topological polar surface area (TPSA) is 12.4 Å². The summed E-state index contributed by atoms with van der Waals surface area (Å²) in [5.74, 6) is 0.498. The maximum Gasteiger partial charge on any atom is 0.0439 e. The first-order valence-corrected chi connectivity index (χ1v) is 4.43. The van der Waals surface area contributed by atoms with Gasteiger partial charge in [0.25, 0.3) is 0 Å². The molecule has 0 aromatic rings. The van der Waals surface area contributed by atoms with Gasteiger partial charge in [-0.15, -0.1) is 0 Å². The smallest absolute Gasteiger partial charge is 0.0439 e. The zero-order valence-electron chi connectivity index (χ0n) is 8.76. The molecule has 12 heavy (non-hydrogen) atoms. The molecule has 0 rings (SSSR count). The van der Waals surface area contributed by atoms with E-state index in [1.54, 1.807) is 0 Å². The normalized spacial score (nSPS) is 14.8. The van der Waals surface area contributed by atoms with E-state index in [4.69, 9.17) is 0 Å². The van der Waals surface area contributed by atoms with Crippen molar-refractivity contribution in [2.45, 2.75) is 27.7 Å². The predicted octanol–water partition coefficient (Wildman–Crippen LogP) is 3.24. The Morgan fingerprint density at radius 2 is 1.83 bits per heavy atom. The summed E-state index contributed by atoms with van der Waals surface area (Å²) < 4.78 is 0. The first-order valence-electron chi connectivity index (χ1n) is 4.43. The summed E-state index contributed by atoms with van der Waals surface area (Å²) in [5, 5.41) is 0.